The van der Waals surface area contributed by atoms with Crippen LogP contribution in [0.2, 0.25) is 0 Å². The molecule has 0 aromatic heterocycles. The summed E-state index contributed by atoms with van der Waals surface area (Å²) in [5, 5.41) is 14.1. The first kappa shape index (κ1) is 19.4. The highest BCUT2D eigenvalue weighted by molar-refractivity contribution is 5.83. The van der Waals surface area contributed by atoms with E-state index in [0.29, 0.717) is 25.0 Å². The summed E-state index contributed by atoms with van der Waals surface area (Å²) in [6.45, 7) is 9.13. The number of nitro groups is 1. The van der Waals surface area contributed by atoms with E-state index in [2.05, 4.69) is 50.1 Å². The number of hydrazone groups is 1. The van der Waals surface area contributed by atoms with Gasteiger partial charge in [-0.3, -0.25) is 0 Å². The van der Waals surface area contributed by atoms with Crippen molar-refractivity contribution in [1.82, 2.24) is 9.80 Å². The molecular weight excluding hydrogens is 344 g/mol. The van der Waals surface area contributed by atoms with E-state index in [1.54, 1.807) is 0 Å². The van der Waals surface area contributed by atoms with Gasteiger partial charge in [-0.1, -0.05) is 31.2 Å². The summed E-state index contributed by atoms with van der Waals surface area (Å²) in [5.41, 5.74) is 2.24. The topological polar surface area (TPSA) is 71.2 Å². The summed E-state index contributed by atoms with van der Waals surface area (Å²) < 4.78 is 5.80. The normalized spacial score (nSPS) is 23.7. The van der Waals surface area contributed by atoms with E-state index in [1.807, 2.05) is 22.1 Å². The molecule has 0 bridgehead atoms. The molecule has 2 fully saturated rings. The fourth-order valence-electron chi connectivity index (χ4n) is 3.74. The van der Waals surface area contributed by atoms with Crippen LogP contribution in [0.3, 0.4) is 0 Å². The van der Waals surface area contributed by atoms with E-state index in [-0.39, 0.29) is 5.60 Å². The van der Waals surface area contributed by atoms with Crippen LogP contribution in [0.5, 0.6) is 0 Å². The van der Waals surface area contributed by atoms with Gasteiger partial charge < -0.3 is 14.5 Å². The van der Waals surface area contributed by atoms with Crippen LogP contribution in [0.25, 0.3) is 6.08 Å². The molecule has 2 aliphatic rings. The number of rotatable bonds is 6. The summed E-state index contributed by atoms with van der Waals surface area (Å²) in [4.78, 5) is 14.9. The fraction of sp³-hybridized carbons (Fsp3) is 0.550. The molecule has 3 rings (SSSR count). The molecule has 0 amide bonds. The average Bonchev–Trinajstić information content (AvgIpc) is 3.16. The van der Waals surface area contributed by atoms with Crippen LogP contribution < -0.4 is 0 Å². The molecule has 2 heterocycles. The molecule has 7 nitrogen and oxygen atoms in total. The minimum atomic E-state index is -0.611. The minimum absolute atomic E-state index is 0.116. The molecule has 0 spiro atoms. The Labute approximate surface area is 160 Å². The summed E-state index contributed by atoms with van der Waals surface area (Å²) in [7, 11) is 0. The van der Waals surface area contributed by atoms with Crippen molar-refractivity contribution in [1.29, 1.82) is 0 Å². The van der Waals surface area contributed by atoms with Gasteiger partial charge in [-0.15, -0.1) is 0 Å². The second kappa shape index (κ2) is 8.08. The second-order valence-corrected chi connectivity index (χ2v) is 7.83. The predicted molar refractivity (Wildman–Crippen MR) is 106 cm³/mol. The average molecular weight is 372 g/mol. The lowest BCUT2D eigenvalue weighted by Crippen LogP contribution is -2.35. The van der Waals surface area contributed by atoms with E-state index in [0.717, 1.165) is 31.5 Å². The van der Waals surface area contributed by atoms with Gasteiger partial charge in [0.1, 0.15) is 5.10 Å². The Bertz CT molecular complexity index is 727. The third-order valence-electron chi connectivity index (χ3n) is 5.13. The minimum Gasteiger partial charge on any atom is -0.375 e. The molecule has 2 saturated heterocycles. The molecule has 0 saturated carbocycles. The van der Waals surface area contributed by atoms with Crippen LogP contribution in [0.1, 0.15) is 38.3 Å². The van der Waals surface area contributed by atoms with Gasteiger partial charge in [0, 0.05) is 31.8 Å². The summed E-state index contributed by atoms with van der Waals surface area (Å²) in [5.74, 6) is 0.772. The second-order valence-electron chi connectivity index (χ2n) is 7.83. The van der Waals surface area contributed by atoms with Crippen molar-refractivity contribution in [2.75, 3.05) is 26.2 Å². The Morgan fingerprint density at radius 1 is 1.33 bits per heavy atom. The van der Waals surface area contributed by atoms with Gasteiger partial charge in [0.25, 0.3) is 5.96 Å². The van der Waals surface area contributed by atoms with Crippen molar-refractivity contribution in [3.05, 3.63) is 51.7 Å². The maximum absolute atomic E-state index is 11.0. The van der Waals surface area contributed by atoms with Crippen molar-refractivity contribution in [3.63, 3.8) is 0 Å². The molecule has 1 aromatic rings. The number of guanidine groups is 1. The van der Waals surface area contributed by atoms with Crippen LogP contribution in [0, 0.1) is 16.0 Å². The van der Waals surface area contributed by atoms with Crippen molar-refractivity contribution in [2.45, 2.75) is 39.2 Å². The third-order valence-corrected chi connectivity index (χ3v) is 5.13. The molecule has 2 aliphatic heterocycles. The third kappa shape index (κ3) is 5.07. The molecule has 1 unspecified atom stereocenters. The zero-order valence-corrected chi connectivity index (χ0v) is 16.3. The van der Waals surface area contributed by atoms with Gasteiger partial charge in [0.2, 0.25) is 0 Å². The quantitative estimate of drug-likeness (QED) is 0.566. The Morgan fingerprint density at radius 2 is 2.07 bits per heavy atom. The molecule has 27 heavy (non-hydrogen) atoms. The number of hydrogen-bond donors (Lipinski definition) is 0. The number of benzene rings is 1. The number of ether oxygens (including phenoxy) is 1. The van der Waals surface area contributed by atoms with Crippen molar-refractivity contribution < 1.29 is 9.77 Å². The van der Waals surface area contributed by atoms with E-state index in [9.17, 15) is 10.1 Å². The highest BCUT2D eigenvalue weighted by Gasteiger charge is 2.36. The largest absolute Gasteiger partial charge is 0.375 e. The van der Waals surface area contributed by atoms with Crippen molar-refractivity contribution >= 4 is 12.0 Å². The smallest absolute Gasteiger partial charge is 0.278 e. The Kier molecular flexibility index (Phi) is 5.79. The van der Waals surface area contributed by atoms with Gasteiger partial charge in [-0.25, -0.2) is 10.1 Å². The standard InChI is InChI=1S/C20H28N4O3/c1-4-16-5-7-17(8-6-16)9-10-22-11-12-23(19(22)21-24(25)26)14-18-13-20(2,3)27-15-18/h5-10,18H,4,11-15H2,1-3H3. The highest BCUT2D eigenvalue weighted by atomic mass is 16.7. The van der Waals surface area contributed by atoms with Gasteiger partial charge in [0.05, 0.1) is 12.2 Å². The monoisotopic (exact) mass is 372 g/mol. The molecule has 0 radical (unpaired) electrons. The maximum Gasteiger partial charge on any atom is 0.278 e. The Balaban J connectivity index is 1.69. The van der Waals surface area contributed by atoms with E-state index >= 15 is 0 Å². The number of hydrogen-bond acceptors (Lipinski definition) is 3. The highest BCUT2D eigenvalue weighted by Crippen LogP contribution is 2.30. The molecule has 0 aliphatic carbocycles. The fourth-order valence-corrected chi connectivity index (χ4v) is 3.74. The Morgan fingerprint density at radius 3 is 2.67 bits per heavy atom. The molecule has 0 N–H and O–H groups in total. The lowest BCUT2D eigenvalue weighted by atomic mass is 9.97. The molecule has 1 atom stereocenters. The SMILES string of the molecule is CCc1ccc(C=CN2CCN(CC3COC(C)(C)C3)C2=N[N+](=O)[O-])cc1. The number of aryl methyl sites for hydroxylation is 1. The van der Waals surface area contributed by atoms with Gasteiger partial charge in [-0.05, 0) is 43.9 Å². The number of nitrogens with zero attached hydrogens (tertiary/aromatic N) is 4. The lowest BCUT2D eigenvalue weighted by molar-refractivity contribution is -0.486. The molecule has 146 valence electrons. The van der Waals surface area contributed by atoms with E-state index in [4.69, 9.17) is 4.74 Å². The lowest BCUT2D eigenvalue weighted by Gasteiger charge is -2.22. The summed E-state index contributed by atoms with van der Waals surface area (Å²) >= 11 is 0. The van der Waals surface area contributed by atoms with E-state index in [1.165, 1.54) is 5.56 Å². The first-order chi connectivity index (χ1) is 12.9. The molecular formula is C20H28N4O3. The summed E-state index contributed by atoms with van der Waals surface area (Å²) in [6.07, 6.45) is 5.82. The van der Waals surface area contributed by atoms with Crippen LogP contribution in [-0.2, 0) is 11.2 Å². The summed E-state index contributed by atoms with van der Waals surface area (Å²) in [6, 6.07) is 8.32. The van der Waals surface area contributed by atoms with E-state index < -0.39 is 5.03 Å². The van der Waals surface area contributed by atoms with Crippen molar-refractivity contribution in [2.24, 2.45) is 11.0 Å². The zero-order chi connectivity index (χ0) is 19.4. The first-order valence-electron chi connectivity index (χ1n) is 9.52. The van der Waals surface area contributed by atoms with Crippen LogP contribution in [0.15, 0.2) is 35.6 Å². The predicted octanol–water partition coefficient (Wildman–Crippen LogP) is 3.20. The molecule has 1 aromatic carbocycles. The van der Waals surface area contributed by atoms with Gasteiger partial charge in [0.15, 0.2) is 5.03 Å². The molecule has 7 heteroatoms. The maximum atomic E-state index is 11.0. The van der Waals surface area contributed by atoms with Crippen LogP contribution in [0.4, 0.5) is 0 Å². The first-order valence-corrected chi connectivity index (χ1v) is 9.52. The van der Waals surface area contributed by atoms with Gasteiger partial charge in [-0.2, -0.15) is 0 Å². The Hall–Kier alpha value is -2.41. The zero-order valence-electron chi connectivity index (χ0n) is 16.3. The van der Waals surface area contributed by atoms with Crippen molar-refractivity contribution in [3.8, 4) is 0 Å². The van der Waals surface area contributed by atoms with Crippen LogP contribution >= 0.6 is 0 Å². The van der Waals surface area contributed by atoms with Crippen LogP contribution in [-0.4, -0.2) is 52.6 Å². The van der Waals surface area contributed by atoms with Gasteiger partial charge >= 0.3 is 0 Å².